The van der Waals surface area contributed by atoms with Crippen LogP contribution in [-0.4, -0.2) is 7.25 Å². The van der Waals surface area contributed by atoms with Crippen molar-refractivity contribution in [3.63, 3.8) is 0 Å². The summed E-state index contributed by atoms with van der Waals surface area (Å²) in [6.45, 7) is 3.70. The molecule has 0 aromatic heterocycles. The summed E-state index contributed by atoms with van der Waals surface area (Å²) < 4.78 is 42.5. The molecule has 14 heavy (non-hydrogen) atoms. The molecule has 1 aromatic carbocycles. The summed E-state index contributed by atoms with van der Waals surface area (Å²) in [5.41, 5.74) is 0. The van der Waals surface area contributed by atoms with Crippen molar-refractivity contribution in [1.29, 1.82) is 0 Å². The molecule has 0 heterocycles. The number of hydrogen-bond donors (Lipinski definition) is 0. The van der Waals surface area contributed by atoms with Crippen molar-refractivity contribution >= 4 is 7.25 Å². The van der Waals surface area contributed by atoms with Gasteiger partial charge in [-0.15, -0.1) is 0 Å². The Hall–Kier alpha value is -0.525. The van der Waals surface area contributed by atoms with Gasteiger partial charge in [-0.05, 0) is 12.1 Å². The van der Waals surface area contributed by atoms with Crippen LogP contribution in [0.2, 0.25) is 0 Å². The van der Waals surface area contributed by atoms with E-state index in [1.54, 1.807) is 0 Å². The molecule has 1 rings (SSSR count). The van der Waals surface area contributed by atoms with Crippen molar-refractivity contribution in [2.24, 2.45) is 0 Å². The van der Waals surface area contributed by atoms with Crippen LogP contribution in [-0.2, 0) is 0 Å². The quantitative estimate of drug-likeness (QED) is 0.420. The molecule has 0 atom stereocenters. The SMILES string of the molecule is C=C[I+]c1ccccc1.F[B-](F)(F)F. The molecule has 0 unspecified atom stereocenters. The Bertz CT molecular complexity index is 254. The monoisotopic (exact) mass is 318 g/mol. The van der Waals surface area contributed by atoms with Gasteiger partial charge in [-0.2, -0.15) is 0 Å². The highest BCUT2D eigenvalue weighted by molar-refractivity contribution is 6.50. The zero-order chi connectivity index (χ0) is 11.0. The molecule has 0 spiro atoms. The predicted molar refractivity (Wildman–Crippen MR) is 45.5 cm³/mol. The van der Waals surface area contributed by atoms with E-state index >= 15 is 0 Å². The second-order valence-corrected chi connectivity index (χ2v) is 4.80. The average Bonchev–Trinajstić information content (AvgIpc) is 2.03. The van der Waals surface area contributed by atoms with Gasteiger partial charge in [-0.25, -0.2) is 0 Å². The summed E-state index contributed by atoms with van der Waals surface area (Å²) in [5, 5.41) is 0. The van der Waals surface area contributed by atoms with Crippen molar-refractivity contribution in [3.8, 4) is 0 Å². The van der Waals surface area contributed by atoms with E-state index in [4.69, 9.17) is 0 Å². The van der Waals surface area contributed by atoms with Crippen LogP contribution >= 0.6 is 0 Å². The van der Waals surface area contributed by atoms with E-state index in [-0.39, 0.29) is 21.2 Å². The van der Waals surface area contributed by atoms with Gasteiger partial charge in [0.2, 0.25) is 0 Å². The van der Waals surface area contributed by atoms with E-state index in [0.29, 0.717) is 0 Å². The van der Waals surface area contributed by atoms with E-state index in [0.717, 1.165) is 0 Å². The van der Waals surface area contributed by atoms with Crippen LogP contribution in [0.4, 0.5) is 17.3 Å². The lowest BCUT2D eigenvalue weighted by Gasteiger charge is -1.94. The number of rotatable bonds is 2. The Kier molecular flexibility index (Phi) is 6.60. The van der Waals surface area contributed by atoms with Crippen LogP contribution < -0.4 is 21.2 Å². The standard InChI is InChI=1S/C8H8I.BF4/c1-2-9-8-6-4-3-5-7-8;2-1(3,4)5/h2-7H,1H2;/q+1;-1. The van der Waals surface area contributed by atoms with E-state index in [9.17, 15) is 17.3 Å². The average molecular weight is 318 g/mol. The van der Waals surface area contributed by atoms with Crippen molar-refractivity contribution in [1.82, 2.24) is 0 Å². The van der Waals surface area contributed by atoms with Crippen molar-refractivity contribution in [3.05, 3.63) is 44.6 Å². The highest BCUT2D eigenvalue weighted by Crippen LogP contribution is 2.06. The molecule has 0 saturated carbocycles. The Balaban J connectivity index is 0.000000292. The summed E-state index contributed by atoms with van der Waals surface area (Å²) in [6, 6.07) is 10.5. The highest BCUT2D eigenvalue weighted by atomic mass is 127. The second-order valence-electron chi connectivity index (χ2n) is 2.05. The summed E-state index contributed by atoms with van der Waals surface area (Å²) >= 11 is 0.0938. The van der Waals surface area contributed by atoms with E-state index < -0.39 is 7.25 Å². The Morgan fingerprint density at radius 1 is 1.07 bits per heavy atom. The fourth-order valence-electron chi connectivity index (χ4n) is 0.576. The van der Waals surface area contributed by atoms with Crippen LogP contribution in [0.25, 0.3) is 0 Å². The Morgan fingerprint density at radius 3 is 1.86 bits per heavy atom. The van der Waals surface area contributed by atoms with Crippen LogP contribution in [0.15, 0.2) is 41.0 Å². The molecule has 0 aliphatic rings. The third-order valence-electron chi connectivity index (χ3n) is 0.936. The zero-order valence-corrected chi connectivity index (χ0v) is 9.30. The fourth-order valence-corrected chi connectivity index (χ4v) is 1.92. The first-order chi connectivity index (χ1) is 6.43. The number of benzene rings is 1. The van der Waals surface area contributed by atoms with Gasteiger partial charge in [0.05, 0.1) is 0 Å². The summed E-state index contributed by atoms with van der Waals surface area (Å²) in [6.07, 6.45) is 0. The molecule has 0 amide bonds. The molecule has 0 aliphatic carbocycles. The maximum atomic E-state index is 9.75. The lowest BCUT2D eigenvalue weighted by atomic mass is 10.3. The number of hydrogen-bond acceptors (Lipinski definition) is 0. The van der Waals surface area contributed by atoms with E-state index in [1.807, 2.05) is 10.1 Å². The van der Waals surface area contributed by atoms with Gasteiger partial charge in [-0.1, -0.05) is 24.8 Å². The molecular formula is C8H8BF4I. The maximum absolute atomic E-state index is 9.75. The molecule has 0 saturated heterocycles. The largest absolute Gasteiger partial charge is 0.673 e. The Morgan fingerprint density at radius 2 is 1.50 bits per heavy atom. The van der Waals surface area contributed by atoms with E-state index in [2.05, 4.69) is 30.8 Å². The van der Waals surface area contributed by atoms with Crippen molar-refractivity contribution in [2.75, 3.05) is 0 Å². The van der Waals surface area contributed by atoms with Crippen molar-refractivity contribution in [2.45, 2.75) is 0 Å². The van der Waals surface area contributed by atoms with E-state index in [1.165, 1.54) is 3.57 Å². The predicted octanol–water partition coefficient (Wildman–Crippen LogP) is 0.389. The molecule has 1 aromatic rings. The third-order valence-corrected chi connectivity index (χ3v) is 2.81. The van der Waals surface area contributed by atoms with Crippen LogP contribution in [0.3, 0.4) is 0 Å². The molecule has 78 valence electrons. The van der Waals surface area contributed by atoms with Gasteiger partial charge in [0.15, 0.2) is 7.65 Å². The second kappa shape index (κ2) is 6.86. The van der Waals surface area contributed by atoms with Gasteiger partial charge in [-0.3, -0.25) is 0 Å². The lowest BCUT2D eigenvalue weighted by Crippen LogP contribution is -3.58. The minimum Gasteiger partial charge on any atom is -0.418 e. The Labute approximate surface area is 90.4 Å². The molecule has 0 radical (unpaired) electrons. The van der Waals surface area contributed by atoms with Gasteiger partial charge in [0, 0.05) is 0 Å². The molecule has 6 heteroatoms. The fraction of sp³-hybridized carbons (Fsp3) is 0. The highest BCUT2D eigenvalue weighted by Gasteiger charge is 2.20. The third kappa shape index (κ3) is 11.5. The van der Waals surface area contributed by atoms with Gasteiger partial charge in [0.25, 0.3) is 0 Å². The normalized spacial score (nSPS) is 10.0. The topological polar surface area (TPSA) is 0 Å². The lowest BCUT2D eigenvalue weighted by molar-refractivity contribution is -0.556. The minimum absolute atomic E-state index is 0.0938. The first-order valence-corrected chi connectivity index (χ1v) is 5.92. The van der Waals surface area contributed by atoms with Crippen LogP contribution in [0.1, 0.15) is 0 Å². The summed E-state index contributed by atoms with van der Waals surface area (Å²) in [5.74, 6) is 0. The van der Waals surface area contributed by atoms with Gasteiger partial charge >= 0.3 is 28.5 Å². The molecule has 0 fully saturated rings. The minimum atomic E-state index is -6.00. The molecule has 0 bridgehead atoms. The first kappa shape index (κ1) is 13.5. The maximum Gasteiger partial charge on any atom is 0.673 e. The molecule has 0 aliphatic heterocycles. The van der Waals surface area contributed by atoms with Crippen LogP contribution in [0.5, 0.6) is 0 Å². The molecular weight excluding hydrogens is 310 g/mol. The van der Waals surface area contributed by atoms with Crippen LogP contribution in [0, 0.1) is 3.57 Å². The smallest absolute Gasteiger partial charge is 0.418 e. The summed E-state index contributed by atoms with van der Waals surface area (Å²) in [4.78, 5) is 0. The molecule has 0 N–H and O–H groups in total. The number of halogens is 5. The zero-order valence-electron chi connectivity index (χ0n) is 7.14. The first-order valence-electron chi connectivity index (χ1n) is 3.60. The summed E-state index contributed by atoms with van der Waals surface area (Å²) in [7, 11) is -6.00. The van der Waals surface area contributed by atoms with Crippen molar-refractivity contribution < 1.29 is 38.5 Å². The van der Waals surface area contributed by atoms with Gasteiger partial charge < -0.3 is 17.3 Å². The van der Waals surface area contributed by atoms with Gasteiger partial charge in [0.1, 0.15) is 0 Å². The molecule has 0 nitrogen and oxygen atoms in total.